The van der Waals surface area contributed by atoms with Crippen LogP contribution in [0.4, 0.5) is 0 Å². The summed E-state index contributed by atoms with van der Waals surface area (Å²) in [4.78, 5) is 38.8. The summed E-state index contributed by atoms with van der Waals surface area (Å²) in [6.45, 7) is 3.65. The maximum Gasteiger partial charge on any atom is 0.181 e. The smallest absolute Gasteiger partial charge is 0.181 e. The molecule has 0 aromatic heterocycles. The molecule has 3 N–H and O–H groups in total. The Morgan fingerprint density at radius 1 is 0.512 bits per heavy atom. The molecule has 43 heavy (non-hydrogen) atoms. The van der Waals surface area contributed by atoms with Crippen molar-refractivity contribution in [2.24, 2.45) is 5.92 Å². The van der Waals surface area contributed by atoms with Crippen LogP contribution in [0.1, 0.15) is 181 Å². The molecule has 0 fully saturated rings. The lowest BCUT2D eigenvalue weighted by Gasteiger charge is -2.20. The van der Waals surface area contributed by atoms with Crippen molar-refractivity contribution in [2.75, 3.05) is 6.61 Å². The Hall–Kier alpha value is -1.37. The highest BCUT2D eigenvalue weighted by Crippen LogP contribution is 2.19. The summed E-state index contributed by atoms with van der Waals surface area (Å²) in [5.41, 5.74) is 0. The van der Waals surface area contributed by atoms with Crippen LogP contribution in [0.3, 0.4) is 0 Å². The number of aliphatic hydroxyl groups excluding tert-OH is 3. The summed E-state index contributed by atoms with van der Waals surface area (Å²) >= 11 is 0. The predicted octanol–water partition coefficient (Wildman–Crippen LogP) is 8.76. The van der Waals surface area contributed by atoms with Crippen molar-refractivity contribution in [1.82, 2.24) is 0 Å². The molecule has 0 saturated carbocycles. The molecule has 0 aliphatic rings. The Bertz CT molecular complexity index is 703. The number of ketones is 3. The van der Waals surface area contributed by atoms with Gasteiger partial charge < -0.3 is 15.3 Å². The Labute approximate surface area is 264 Å². The minimum Gasteiger partial charge on any atom is -0.394 e. The summed E-state index contributed by atoms with van der Waals surface area (Å²) in [6.07, 6.45) is 28.5. The molecular weight excluding hydrogens is 540 g/mol. The van der Waals surface area contributed by atoms with E-state index in [0.29, 0.717) is 12.8 Å². The molecule has 0 radical (unpaired) electrons. The monoisotopic (exact) mass is 609 g/mol. The van der Waals surface area contributed by atoms with Crippen LogP contribution in [-0.2, 0) is 14.4 Å². The second kappa shape index (κ2) is 30.6. The molecule has 0 aliphatic carbocycles. The number of Topliss-reactive ketones (excluding diaryl/α,β-unsaturated/α-hetero) is 3. The minimum atomic E-state index is -1.94. The maximum atomic E-state index is 13.0. The number of carbonyl (C=O) groups excluding carboxylic acids is 3. The van der Waals surface area contributed by atoms with Gasteiger partial charge in [-0.1, -0.05) is 142 Å². The van der Waals surface area contributed by atoms with Crippen molar-refractivity contribution in [2.45, 2.75) is 193 Å². The summed E-state index contributed by atoms with van der Waals surface area (Å²) in [6, 6.07) is 0. The zero-order chi connectivity index (χ0) is 32.0. The van der Waals surface area contributed by atoms with E-state index in [4.69, 9.17) is 5.11 Å². The average Bonchev–Trinajstić information content (AvgIpc) is 3.00. The summed E-state index contributed by atoms with van der Waals surface area (Å²) in [5.74, 6) is -3.47. The van der Waals surface area contributed by atoms with E-state index in [1.165, 1.54) is 83.5 Å². The van der Waals surface area contributed by atoms with Gasteiger partial charge in [-0.05, 0) is 38.5 Å². The second-order valence-electron chi connectivity index (χ2n) is 12.6. The molecule has 0 amide bonds. The second-order valence-corrected chi connectivity index (χ2v) is 12.6. The first-order valence-electron chi connectivity index (χ1n) is 18.1. The minimum absolute atomic E-state index is 0.111. The molecule has 0 heterocycles. The van der Waals surface area contributed by atoms with Gasteiger partial charge in [-0.15, -0.1) is 0 Å². The number of carbonyl (C=O) groups is 3. The van der Waals surface area contributed by atoms with Crippen molar-refractivity contribution in [1.29, 1.82) is 0 Å². The van der Waals surface area contributed by atoms with Crippen LogP contribution in [0.15, 0.2) is 12.2 Å². The van der Waals surface area contributed by atoms with E-state index in [1.807, 2.05) is 0 Å². The number of hydrogen-bond donors (Lipinski definition) is 3. The lowest BCUT2D eigenvalue weighted by molar-refractivity contribution is -0.148. The van der Waals surface area contributed by atoms with Gasteiger partial charge in [0.05, 0.1) is 6.61 Å². The molecule has 6 heteroatoms. The third-order valence-corrected chi connectivity index (χ3v) is 8.48. The number of hydrogen-bond acceptors (Lipinski definition) is 6. The van der Waals surface area contributed by atoms with Gasteiger partial charge in [-0.25, -0.2) is 0 Å². The molecule has 0 bridgehead atoms. The van der Waals surface area contributed by atoms with Gasteiger partial charge in [0.1, 0.15) is 18.1 Å². The molecule has 0 aromatic carbocycles. The van der Waals surface area contributed by atoms with Crippen molar-refractivity contribution in [3.05, 3.63) is 12.2 Å². The van der Waals surface area contributed by atoms with Gasteiger partial charge in [0, 0.05) is 12.8 Å². The van der Waals surface area contributed by atoms with Crippen LogP contribution >= 0.6 is 0 Å². The average molecular weight is 609 g/mol. The van der Waals surface area contributed by atoms with Crippen molar-refractivity contribution >= 4 is 17.3 Å². The SMILES string of the molecule is CCCCCC/C=C\CCCCCCCC(=O)C(C(=O)CCCCCCCCCCCCCCC)C(=O)C(O)C(O)CO. The largest absolute Gasteiger partial charge is 0.394 e. The fraction of sp³-hybridized carbons (Fsp3) is 0.865. The van der Waals surface area contributed by atoms with E-state index in [-0.39, 0.29) is 12.8 Å². The lowest BCUT2D eigenvalue weighted by atomic mass is 9.85. The quantitative estimate of drug-likeness (QED) is 0.0390. The fourth-order valence-electron chi connectivity index (χ4n) is 5.58. The van der Waals surface area contributed by atoms with E-state index in [0.717, 1.165) is 57.8 Å². The van der Waals surface area contributed by atoms with E-state index < -0.39 is 42.1 Å². The predicted molar refractivity (Wildman–Crippen MR) is 178 cm³/mol. The number of unbranched alkanes of at least 4 members (excludes halogenated alkanes) is 21. The summed E-state index contributed by atoms with van der Waals surface area (Å²) in [5, 5.41) is 29.1. The van der Waals surface area contributed by atoms with Crippen LogP contribution in [0, 0.1) is 5.92 Å². The maximum absolute atomic E-state index is 13.0. The molecule has 0 saturated heterocycles. The van der Waals surface area contributed by atoms with Gasteiger partial charge in [-0.3, -0.25) is 14.4 Å². The third kappa shape index (κ3) is 23.7. The molecule has 0 aromatic rings. The fourth-order valence-corrected chi connectivity index (χ4v) is 5.58. The Morgan fingerprint density at radius 2 is 0.837 bits per heavy atom. The van der Waals surface area contributed by atoms with Crippen LogP contribution in [0.25, 0.3) is 0 Å². The first-order valence-corrected chi connectivity index (χ1v) is 18.1. The Kier molecular flexibility index (Phi) is 29.7. The van der Waals surface area contributed by atoms with Crippen LogP contribution in [0.5, 0.6) is 0 Å². The van der Waals surface area contributed by atoms with Crippen molar-refractivity contribution in [3.8, 4) is 0 Å². The molecule has 3 unspecified atom stereocenters. The molecule has 0 spiro atoms. The Balaban J connectivity index is 4.33. The van der Waals surface area contributed by atoms with E-state index in [9.17, 15) is 24.6 Å². The highest BCUT2D eigenvalue weighted by Gasteiger charge is 2.38. The Morgan fingerprint density at radius 3 is 1.21 bits per heavy atom. The summed E-state index contributed by atoms with van der Waals surface area (Å²) in [7, 11) is 0. The first-order chi connectivity index (χ1) is 20.9. The van der Waals surface area contributed by atoms with Gasteiger partial charge in [0.25, 0.3) is 0 Å². The number of aliphatic hydroxyl groups is 3. The van der Waals surface area contributed by atoms with Crippen molar-refractivity contribution in [3.63, 3.8) is 0 Å². The van der Waals surface area contributed by atoms with Gasteiger partial charge in [-0.2, -0.15) is 0 Å². The molecule has 6 nitrogen and oxygen atoms in total. The van der Waals surface area contributed by atoms with Crippen LogP contribution in [0.2, 0.25) is 0 Å². The highest BCUT2D eigenvalue weighted by atomic mass is 16.4. The lowest BCUT2D eigenvalue weighted by Crippen LogP contribution is -2.45. The zero-order valence-electron chi connectivity index (χ0n) is 28.0. The van der Waals surface area contributed by atoms with Gasteiger partial charge in [0.2, 0.25) is 0 Å². The van der Waals surface area contributed by atoms with Gasteiger partial charge >= 0.3 is 0 Å². The van der Waals surface area contributed by atoms with Gasteiger partial charge in [0.15, 0.2) is 17.3 Å². The van der Waals surface area contributed by atoms with Crippen LogP contribution < -0.4 is 0 Å². The molecular formula is C37H68O6. The molecule has 0 aliphatic heterocycles. The highest BCUT2D eigenvalue weighted by molar-refractivity contribution is 6.20. The van der Waals surface area contributed by atoms with Crippen molar-refractivity contribution < 1.29 is 29.7 Å². The standard InChI is InChI=1S/C37H68O6/c1-3-5-7-9-11-13-15-17-19-21-23-25-27-29-32(39)35(37(43)36(42)34(41)31-38)33(40)30-28-26-24-22-20-18-16-14-12-10-8-6-4-2/h13,15,34-36,38,41-42H,3-12,14,16-31H2,1-2H3/b15-13-. The van der Waals surface area contributed by atoms with E-state index >= 15 is 0 Å². The first kappa shape index (κ1) is 41.6. The molecule has 0 rings (SSSR count). The topological polar surface area (TPSA) is 112 Å². The van der Waals surface area contributed by atoms with E-state index in [2.05, 4.69) is 26.0 Å². The summed E-state index contributed by atoms with van der Waals surface area (Å²) < 4.78 is 0. The zero-order valence-corrected chi connectivity index (χ0v) is 28.0. The van der Waals surface area contributed by atoms with E-state index in [1.54, 1.807) is 0 Å². The van der Waals surface area contributed by atoms with Crippen LogP contribution in [-0.4, -0.2) is 51.5 Å². The molecule has 3 atom stereocenters. The normalized spacial score (nSPS) is 13.8. The third-order valence-electron chi connectivity index (χ3n) is 8.48. The number of allylic oxidation sites excluding steroid dienone is 2. The number of rotatable bonds is 33. The molecule has 252 valence electrons.